The van der Waals surface area contributed by atoms with E-state index in [4.69, 9.17) is 26.2 Å². The Balaban J connectivity index is 0.000000551. The van der Waals surface area contributed by atoms with E-state index in [2.05, 4.69) is 33.1 Å². The van der Waals surface area contributed by atoms with Gasteiger partial charge in [-0.1, -0.05) is 38.4 Å². The minimum Gasteiger partial charge on any atom is -0.493 e. The Labute approximate surface area is 185 Å². The Morgan fingerprint density at radius 3 is 2.31 bits per heavy atom. The molecule has 0 aliphatic carbocycles. The van der Waals surface area contributed by atoms with Crippen molar-refractivity contribution in [1.82, 2.24) is 0 Å². The second-order valence-corrected chi connectivity index (χ2v) is 8.18. The Hall–Kier alpha value is -1.85. The van der Waals surface area contributed by atoms with E-state index >= 15 is 0 Å². The Kier molecular flexibility index (Phi) is 12.5. The maximum absolute atomic E-state index is 10.9. The van der Waals surface area contributed by atoms with Crippen molar-refractivity contribution in [2.45, 2.75) is 53.6 Å². The van der Waals surface area contributed by atoms with E-state index in [9.17, 15) is 4.79 Å². The fourth-order valence-corrected chi connectivity index (χ4v) is 2.21. The van der Waals surface area contributed by atoms with Gasteiger partial charge >= 0.3 is 5.97 Å². The van der Waals surface area contributed by atoms with Gasteiger partial charge in [0.2, 0.25) is 0 Å². The molecule has 0 bridgehead atoms. The van der Waals surface area contributed by atoms with Crippen molar-refractivity contribution in [1.29, 1.82) is 0 Å². The van der Waals surface area contributed by atoms with Gasteiger partial charge in [0.25, 0.3) is 0 Å². The van der Waals surface area contributed by atoms with Gasteiger partial charge < -0.3 is 14.6 Å². The van der Waals surface area contributed by atoms with Crippen molar-refractivity contribution in [3.05, 3.63) is 64.3 Å². The first kappa shape index (κ1) is 27.1. The summed E-state index contributed by atoms with van der Waals surface area (Å²) in [6, 6.07) is 7.47. The number of carboxylic acid groups (broad SMARTS) is 1. The molecule has 29 heavy (non-hydrogen) atoms. The molecule has 0 fully saturated rings. The van der Waals surface area contributed by atoms with Crippen molar-refractivity contribution < 1.29 is 19.4 Å². The monoisotopic (exact) mass is 440 g/mol. The third kappa shape index (κ3) is 11.7. The standard InChI is InChI=1S/C12H18O3S.C11H15ClO/c1-6-10(8(2)7-9(3)16)15-12(4,5)11(13)14;1-3-9(2)8-13-11-6-4-10(12)5-7-11/h6-7,16H,3H2,1-2,4-5H3,(H,13,14);4-7,9H,3,8H2,1-2H3/b8-7-,10-6+;. The van der Waals surface area contributed by atoms with Gasteiger partial charge in [0, 0.05) is 5.02 Å². The van der Waals surface area contributed by atoms with Crippen molar-refractivity contribution in [3.8, 4) is 5.75 Å². The summed E-state index contributed by atoms with van der Waals surface area (Å²) in [4.78, 5) is 11.5. The lowest BCUT2D eigenvalue weighted by atomic mass is 10.1. The van der Waals surface area contributed by atoms with Crippen molar-refractivity contribution >= 4 is 30.2 Å². The van der Waals surface area contributed by atoms with E-state index in [1.54, 1.807) is 19.1 Å². The molecule has 0 heterocycles. The Bertz CT molecular complexity index is 721. The molecule has 4 nitrogen and oxygen atoms in total. The molecule has 0 radical (unpaired) electrons. The average molecular weight is 441 g/mol. The van der Waals surface area contributed by atoms with E-state index in [1.807, 2.05) is 31.2 Å². The number of allylic oxidation sites excluding steroid dienone is 3. The van der Waals surface area contributed by atoms with Gasteiger partial charge in [0.05, 0.1) is 6.61 Å². The zero-order valence-electron chi connectivity index (χ0n) is 18.2. The number of halogens is 1. The number of carbonyl (C=O) groups is 1. The zero-order chi connectivity index (χ0) is 22.6. The molecule has 1 aromatic rings. The summed E-state index contributed by atoms with van der Waals surface area (Å²) in [7, 11) is 0. The van der Waals surface area contributed by atoms with Gasteiger partial charge in [-0.15, -0.1) is 12.6 Å². The highest BCUT2D eigenvalue weighted by Gasteiger charge is 2.30. The minimum atomic E-state index is -1.26. The van der Waals surface area contributed by atoms with Crippen LogP contribution in [0.5, 0.6) is 5.75 Å². The van der Waals surface area contributed by atoms with Crippen molar-refractivity contribution in [3.63, 3.8) is 0 Å². The van der Waals surface area contributed by atoms with E-state index < -0.39 is 11.6 Å². The molecule has 0 aromatic heterocycles. The van der Waals surface area contributed by atoms with Gasteiger partial charge in [0.15, 0.2) is 5.60 Å². The van der Waals surface area contributed by atoms with Crippen LogP contribution in [0.2, 0.25) is 5.02 Å². The molecule has 0 amide bonds. The maximum Gasteiger partial charge on any atom is 0.347 e. The highest BCUT2D eigenvalue weighted by molar-refractivity contribution is 7.84. The number of carboxylic acids is 1. The van der Waals surface area contributed by atoms with Gasteiger partial charge in [-0.3, -0.25) is 0 Å². The quantitative estimate of drug-likeness (QED) is 0.248. The molecule has 1 rings (SSSR count). The molecule has 162 valence electrons. The molecule has 6 heteroatoms. The molecule has 1 atom stereocenters. The van der Waals surface area contributed by atoms with Crippen LogP contribution >= 0.6 is 24.2 Å². The lowest BCUT2D eigenvalue weighted by Crippen LogP contribution is -2.34. The molecule has 0 spiro atoms. The molecule has 0 aliphatic rings. The third-order valence-electron chi connectivity index (χ3n) is 3.96. The number of hydrogen-bond donors (Lipinski definition) is 2. The molecule has 0 saturated carbocycles. The third-order valence-corrected chi connectivity index (χ3v) is 4.34. The molecular weight excluding hydrogens is 408 g/mol. The van der Waals surface area contributed by atoms with Crippen LogP contribution in [0, 0.1) is 5.92 Å². The Morgan fingerprint density at radius 2 is 1.90 bits per heavy atom. The molecule has 1 unspecified atom stereocenters. The first-order valence-corrected chi connectivity index (χ1v) is 10.3. The van der Waals surface area contributed by atoms with Crippen LogP contribution in [-0.4, -0.2) is 23.3 Å². The topological polar surface area (TPSA) is 55.8 Å². The summed E-state index contributed by atoms with van der Waals surface area (Å²) < 4.78 is 11.0. The summed E-state index contributed by atoms with van der Waals surface area (Å²) in [5.74, 6) is 1.01. The van der Waals surface area contributed by atoms with Gasteiger partial charge in [-0.2, -0.15) is 0 Å². The number of thiol groups is 1. The minimum absolute atomic E-state index is 0.516. The molecule has 1 N–H and O–H groups in total. The fourth-order valence-electron chi connectivity index (χ4n) is 1.89. The number of aliphatic carboxylic acids is 1. The normalized spacial score (nSPS) is 13.1. The fraction of sp³-hybridized carbons (Fsp3) is 0.435. The second-order valence-electron chi connectivity index (χ2n) is 7.17. The molecule has 0 aliphatic heterocycles. The molecular formula is C23H33ClO4S. The number of ether oxygens (including phenoxy) is 2. The highest BCUT2D eigenvalue weighted by atomic mass is 35.5. The van der Waals surface area contributed by atoms with Crippen LogP contribution in [0.15, 0.2) is 59.2 Å². The summed E-state index contributed by atoms with van der Waals surface area (Å²) in [5.41, 5.74) is -0.466. The highest BCUT2D eigenvalue weighted by Crippen LogP contribution is 2.22. The van der Waals surface area contributed by atoms with Gasteiger partial charge in [-0.25, -0.2) is 4.79 Å². The average Bonchev–Trinajstić information content (AvgIpc) is 2.65. The Morgan fingerprint density at radius 1 is 1.34 bits per heavy atom. The van der Waals surface area contributed by atoms with Crippen molar-refractivity contribution in [2.24, 2.45) is 5.92 Å². The molecule has 1 aromatic carbocycles. The number of benzene rings is 1. The number of rotatable bonds is 9. The van der Waals surface area contributed by atoms with E-state index in [-0.39, 0.29) is 0 Å². The second kappa shape index (κ2) is 13.4. The smallest absolute Gasteiger partial charge is 0.347 e. The van der Waals surface area contributed by atoms with E-state index in [1.165, 1.54) is 13.8 Å². The summed E-state index contributed by atoms with van der Waals surface area (Å²) in [6.07, 6.45) is 4.58. The van der Waals surface area contributed by atoms with Crippen LogP contribution in [0.25, 0.3) is 0 Å². The lowest BCUT2D eigenvalue weighted by Gasteiger charge is -2.23. The van der Waals surface area contributed by atoms with Crippen LogP contribution < -0.4 is 4.74 Å². The predicted molar refractivity (Wildman–Crippen MR) is 125 cm³/mol. The maximum atomic E-state index is 10.9. The molecule has 0 saturated heterocycles. The van der Waals surface area contributed by atoms with Crippen molar-refractivity contribution in [2.75, 3.05) is 6.61 Å². The largest absolute Gasteiger partial charge is 0.493 e. The predicted octanol–water partition coefficient (Wildman–Crippen LogP) is 6.92. The first-order valence-electron chi connectivity index (χ1n) is 9.46. The summed E-state index contributed by atoms with van der Waals surface area (Å²) in [5, 5.41) is 9.69. The lowest BCUT2D eigenvalue weighted by molar-refractivity contribution is -0.156. The SMILES string of the molecule is C=C(S)/C=C(C)\C(=C/C)OC(C)(C)C(=O)O.CCC(C)COc1ccc(Cl)cc1. The number of hydrogen-bond acceptors (Lipinski definition) is 4. The zero-order valence-corrected chi connectivity index (χ0v) is 19.8. The van der Waals surface area contributed by atoms with Crippen LogP contribution in [-0.2, 0) is 9.53 Å². The van der Waals surface area contributed by atoms with E-state index in [0.717, 1.165) is 29.4 Å². The van der Waals surface area contributed by atoms with Crippen LogP contribution in [0.1, 0.15) is 48.0 Å². The van der Waals surface area contributed by atoms with Crippen LogP contribution in [0.4, 0.5) is 0 Å². The van der Waals surface area contributed by atoms with Crippen LogP contribution in [0.3, 0.4) is 0 Å². The summed E-state index contributed by atoms with van der Waals surface area (Å²) in [6.45, 7) is 15.3. The summed E-state index contributed by atoms with van der Waals surface area (Å²) >= 11 is 9.80. The van der Waals surface area contributed by atoms with E-state index in [0.29, 0.717) is 16.6 Å². The van der Waals surface area contributed by atoms with Gasteiger partial charge in [0.1, 0.15) is 11.5 Å². The first-order chi connectivity index (χ1) is 13.4. The van der Waals surface area contributed by atoms with Gasteiger partial charge in [-0.05, 0) is 80.5 Å².